The van der Waals surface area contributed by atoms with Crippen molar-refractivity contribution in [3.63, 3.8) is 0 Å². The van der Waals surface area contributed by atoms with Crippen molar-refractivity contribution in [1.82, 2.24) is 4.90 Å². The van der Waals surface area contributed by atoms with E-state index in [1.165, 1.54) is 5.57 Å². The molecule has 2 heterocycles. The summed E-state index contributed by atoms with van der Waals surface area (Å²) in [6.07, 6.45) is 9.39. The van der Waals surface area contributed by atoms with Crippen molar-refractivity contribution >= 4 is 11.9 Å². The minimum Gasteiger partial charge on any atom is -0.481 e. The summed E-state index contributed by atoms with van der Waals surface area (Å²) >= 11 is 0. The number of rotatable bonds is 1. The first-order valence-electron chi connectivity index (χ1n) is 7.09. The SMILES string of the molecule is O=C(O)[C@@H]1CCC2=C3C=CCCC3CCC(=O)N2C1. The fourth-order valence-corrected chi connectivity index (χ4v) is 3.49. The van der Waals surface area contributed by atoms with E-state index in [1.54, 1.807) is 4.90 Å². The normalized spacial score (nSPS) is 30.7. The maximum Gasteiger partial charge on any atom is 0.308 e. The molecule has 2 atom stereocenters. The lowest BCUT2D eigenvalue weighted by Gasteiger charge is -2.34. The maximum atomic E-state index is 12.2. The minimum atomic E-state index is -0.781. The molecule has 0 saturated carbocycles. The van der Waals surface area contributed by atoms with Crippen molar-refractivity contribution in [3.05, 3.63) is 23.4 Å². The van der Waals surface area contributed by atoms with Crippen LogP contribution >= 0.6 is 0 Å². The average molecular weight is 261 g/mol. The highest BCUT2D eigenvalue weighted by atomic mass is 16.4. The van der Waals surface area contributed by atoms with Gasteiger partial charge in [-0.2, -0.15) is 0 Å². The van der Waals surface area contributed by atoms with E-state index in [0.29, 0.717) is 25.3 Å². The van der Waals surface area contributed by atoms with Crippen molar-refractivity contribution < 1.29 is 14.7 Å². The zero-order valence-corrected chi connectivity index (χ0v) is 11.0. The van der Waals surface area contributed by atoms with E-state index in [-0.39, 0.29) is 5.91 Å². The number of nitrogens with zero attached hydrogens (tertiary/aromatic N) is 1. The van der Waals surface area contributed by atoms with Gasteiger partial charge in [0.15, 0.2) is 0 Å². The first-order chi connectivity index (χ1) is 9.16. The van der Waals surface area contributed by atoms with Crippen molar-refractivity contribution in [2.45, 2.75) is 38.5 Å². The highest BCUT2D eigenvalue weighted by Crippen LogP contribution is 2.39. The van der Waals surface area contributed by atoms with Gasteiger partial charge in [0, 0.05) is 18.7 Å². The van der Waals surface area contributed by atoms with Gasteiger partial charge in [-0.1, -0.05) is 12.2 Å². The number of hydrogen-bond acceptors (Lipinski definition) is 2. The van der Waals surface area contributed by atoms with Crippen LogP contribution < -0.4 is 0 Å². The Morgan fingerprint density at radius 2 is 2.11 bits per heavy atom. The van der Waals surface area contributed by atoms with E-state index in [1.807, 2.05) is 0 Å². The molecule has 1 amide bonds. The van der Waals surface area contributed by atoms with Crippen LogP contribution in [0.4, 0.5) is 0 Å². The van der Waals surface area contributed by atoms with Crippen molar-refractivity contribution in [3.8, 4) is 0 Å². The van der Waals surface area contributed by atoms with Crippen LogP contribution in [-0.4, -0.2) is 28.4 Å². The van der Waals surface area contributed by atoms with E-state index >= 15 is 0 Å². The first-order valence-corrected chi connectivity index (χ1v) is 7.09. The summed E-state index contributed by atoms with van der Waals surface area (Å²) in [7, 11) is 0. The minimum absolute atomic E-state index is 0.108. The van der Waals surface area contributed by atoms with E-state index in [0.717, 1.165) is 31.4 Å². The van der Waals surface area contributed by atoms with Gasteiger partial charge in [-0.05, 0) is 43.6 Å². The maximum absolute atomic E-state index is 12.2. The zero-order chi connectivity index (χ0) is 13.4. The van der Waals surface area contributed by atoms with Gasteiger partial charge < -0.3 is 10.0 Å². The summed E-state index contributed by atoms with van der Waals surface area (Å²) in [4.78, 5) is 25.1. The summed E-state index contributed by atoms with van der Waals surface area (Å²) < 4.78 is 0. The van der Waals surface area contributed by atoms with Crippen molar-refractivity contribution in [2.24, 2.45) is 11.8 Å². The molecule has 0 radical (unpaired) electrons. The average Bonchev–Trinajstić information content (AvgIpc) is 2.57. The summed E-state index contributed by atoms with van der Waals surface area (Å²) in [5, 5.41) is 9.15. The van der Waals surface area contributed by atoms with Crippen LogP contribution in [0.5, 0.6) is 0 Å². The van der Waals surface area contributed by atoms with Gasteiger partial charge in [0.05, 0.1) is 5.92 Å². The predicted molar refractivity (Wildman–Crippen MR) is 70.2 cm³/mol. The van der Waals surface area contributed by atoms with E-state index in [2.05, 4.69) is 12.2 Å². The van der Waals surface area contributed by atoms with E-state index < -0.39 is 11.9 Å². The van der Waals surface area contributed by atoms with Crippen LogP contribution in [0.1, 0.15) is 38.5 Å². The molecule has 3 aliphatic rings. The van der Waals surface area contributed by atoms with Crippen LogP contribution in [0.25, 0.3) is 0 Å². The molecule has 4 nitrogen and oxygen atoms in total. The molecule has 1 aliphatic carbocycles. The summed E-state index contributed by atoms with van der Waals surface area (Å²) in [5.41, 5.74) is 2.39. The Bertz CT molecular complexity index is 478. The summed E-state index contributed by atoms with van der Waals surface area (Å²) in [5.74, 6) is -0.583. The lowest BCUT2D eigenvalue weighted by atomic mass is 9.83. The van der Waals surface area contributed by atoms with Crippen molar-refractivity contribution in [1.29, 1.82) is 0 Å². The monoisotopic (exact) mass is 261 g/mol. The highest BCUT2D eigenvalue weighted by Gasteiger charge is 2.36. The number of allylic oxidation sites excluding steroid dienone is 4. The predicted octanol–water partition coefficient (Wildman–Crippen LogP) is 2.32. The Hall–Kier alpha value is -1.58. The smallest absolute Gasteiger partial charge is 0.308 e. The van der Waals surface area contributed by atoms with E-state index in [4.69, 9.17) is 5.11 Å². The van der Waals surface area contributed by atoms with E-state index in [9.17, 15) is 9.59 Å². The van der Waals surface area contributed by atoms with Crippen LogP contribution in [-0.2, 0) is 9.59 Å². The second-order valence-corrected chi connectivity index (χ2v) is 5.70. The first kappa shape index (κ1) is 12.5. The van der Waals surface area contributed by atoms with Gasteiger partial charge in [0.25, 0.3) is 0 Å². The lowest BCUT2D eigenvalue weighted by molar-refractivity contribution is -0.144. The van der Waals surface area contributed by atoms with Gasteiger partial charge in [0.2, 0.25) is 5.91 Å². The van der Waals surface area contributed by atoms with Gasteiger partial charge in [-0.3, -0.25) is 9.59 Å². The number of piperidine rings is 1. The van der Waals surface area contributed by atoms with Crippen LogP contribution in [0.3, 0.4) is 0 Å². The van der Waals surface area contributed by atoms with Gasteiger partial charge in [0.1, 0.15) is 0 Å². The quantitative estimate of drug-likeness (QED) is 0.788. The molecule has 0 spiro atoms. The summed E-state index contributed by atoms with van der Waals surface area (Å²) in [6, 6.07) is 0. The van der Waals surface area contributed by atoms with Crippen molar-refractivity contribution in [2.75, 3.05) is 6.54 Å². The number of fused-ring (bicyclic) bond motifs is 2. The standard InChI is InChI=1S/C15H19NO3/c17-14-8-6-10-3-1-2-4-12(10)13-7-5-11(15(18)19)9-16(13)14/h2,4,10-11H,1,3,5-9H2,(H,18,19)/t10?,11-/m1/s1. The van der Waals surface area contributed by atoms with Crippen LogP contribution in [0.15, 0.2) is 23.4 Å². The largest absolute Gasteiger partial charge is 0.481 e. The molecule has 3 rings (SSSR count). The molecule has 4 heteroatoms. The Morgan fingerprint density at radius 3 is 2.89 bits per heavy atom. The molecule has 0 aromatic rings. The summed E-state index contributed by atoms with van der Waals surface area (Å²) in [6.45, 7) is 0.355. The second-order valence-electron chi connectivity index (χ2n) is 5.70. The van der Waals surface area contributed by atoms with Crippen LogP contribution in [0, 0.1) is 11.8 Å². The number of carbonyl (C=O) groups is 2. The molecular formula is C15H19NO3. The lowest BCUT2D eigenvalue weighted by Crippen LogP contribution is -2.40. The number of hydrogen-bond donors (Lipinski definition) is 1. The molecule has 1 N–H and O–H groups in total. The molecule has 1 saturated heterocycles. The molecular weight excluding hydrogens is 242 g/mol. The molecule has 0 aromatic heterocycles. The Kier molecular flexibility index (Phi) is 3.17. The topological polar surface area (TPSA) is 57.6 Å². The molecule has 102 valence electrons. The molecule has 1 fully saturated rings. The highest BCUT2D eigenvalue weighted by molar-refractivity contribution is 5.81. The number of carboxylic acids is 1. The third-order valence-electron chi connectivity index (χ3n) is 4.57. The molecule has 19 heavy (non-hydrogen) atoms. The van der Waals surface area contributed by atoms with Gasteiger partial charge >= 0.3 is 5.97 Å². The van der Waals surface area contributed by atoms with Gasteiger partial charge in [-0.25, -0.2) is 0 Å². The Balaban J connectivity index is 1.96. The fourth-order valence-electron chi connectivity index (χ4n) is 3.49. The number of carboxylic acid groups (broad SMARTS) is 1. The fraction of sp³-hybridized carbons (Fsp3) is 0.600. The Labute approximate surface area is 112 Å². The molecule has 0 aromatic carbocycles. The number of amides is 1. The third-order valence-corrected chi connectivity index (χ3v) is 4.57. The molecule has 2 aliphatic heterocycles. The number of aliphatic carboxylic acids is 1. The third kappa shape index (κ3) is 2.20. The van der Waals surface area contributed by atoms with Gasteiger partial charge in [-0.15, -0.1) is 0 Å². The van der Waals surface area contributed by atoms with Crippen LogP contribution in [0.2, 0.25) is 0 Å². The number of carbonyl (C=O) groups excluding carboxylic acids is 1. The second kappa shape index (κ2) is 4.83. The molecule has 1 unspecified atom stereocenters. The molecule has 0 bridgehead atoms. The zero-order valence-electron chi connectivity index (χ0n) is 11.0. The Morgan fingerprint density at radius 1 is 1.26 bits per heavy atom.